The molecule has 1 unspecified atom stereocenters. The summed E-state index contributed by atoms with van der Waals surface area (Å²) < 4.78 is 60.7. The van der Waals surface area contributed by atoms with Gasteiger partial charge in [0.05, 0.1) is 16.0 Å². The lowest BCUT2D eigenvalue weighted by Gasteiger charge is -2.18. The number of halogens is 5. The number of ether oxygens (including phenoxy) is 1. The smallest absolute Gasteiger partial charge is 0.387 e. The van der Waals surface area contributed by atoms with Crippen LogP contribution in [0, 0.1) is 5.82 Å². The van der Waals surface area contributed by atoms with Crippen LogP contribution in [0.15, 0.2) is 40.9 Å². The zero-order chi connectivity index (χ0) is 17.7. The average Bonchev–Trinajstić information content (AvgIpc) is 3.09. The van der Waals surface area contributed by atoms with E-state index in [1.54, 1.807) is 24.3 Å². The van der Waals surface area contributed by atoms with Crippen molar-refractivity contribution in [3.63, 3.8) is 0 Å². The Labute approximate surface area is 148 Å². The first-order valence-corrected chi connectivity index (χ1v) is 8.30. The number of rotatable bonds is 3. The van der Waals surface area contributed by atoms with Crippen molar-refractivity contribution in [3.05, 3.63) is 58.1 Å². The van der Waals surface area contributed by atoms with Gasteiger partial charge in [-0.25, -0.2) is 13.8 Å². The second-order valence-electron chi connectivity index (χ2n) is 5.70. The average molecular weight is 415 g/mol. The Kier molecular flexibility index (Phi) is 3.94. The molecule has 2 aromatic carbocycles. The lowest BCUT2D eigenvalue weighted by atomic mass is 10.0. The summed E-state index contributed by atoms with van der Waals surface area (Å²) in [5, 5.41) is 0. The molecule has 25 heavy (non-hydrogen) atoms. The van der Waals surface area contributed by atoms with Crippen LogP contribution < -0.4 is 4.74 Å². The van der Waals surface area contributed by atoms with Gasteiger partial charge in [0.1, 0.15) is 17.1 Å². The molecule has 8 heteroatoms. The minimum absolute atomic E-state index is 0.0200. The topological polar surface area (TPSA) is 27.1 Å². The molecule has 3 aromatic rings. The molecule has 4 rings (SSSR count). The largest absolute Gasteiger partial charge is 0.434 e. The van der Waals surface area contributed by atoms with Gasteiger partial charge in [-0.2, -0.15) is 8.78 Å². The summed E-state index contributed by atoms with van der Waals surface area (Å²) in [5.41, 5.74) is 0.819. The summed E-state index contributed by atoms with van der Waals surface area (Å²) in [6, 6.07) is 8.55. The van der Waals surface area contributed by atoms with Gasteiger partial charge in [0.25, 0.3) is 0 Å². The van der Waals surface area contributed by atoms with E-state index in [-0.39, 0.29) is 28.0 Å². The van der Waals surface area contributed by atoms with Gasteiger partial charge in [-0.15, -0.1) is 0 Å². The molecule has 0 saturated carbocycles. The van der Waals surface area contributed by atoms with Crippen LogP contribution >= 0.6 is 15.9 Å². The lowest BCUT2D eigenvalue weighted by Crippen LogP contribution is -2.11. The van der Waals surface area contributed by atoms with Crippen LogP contribution in [0.2, 0.25) is 0 Å². The van der Waals surface area contributed by atoms with E-state index >= 15 is 0 Å². The third-order valence-corrected chi connectivity index (χ3v) is 4.90. The molecule has 0 N–H and O–H groups in total. The van der Waals surface area contributed by atoms with Gasteiger partial charge in [-0.3, -0.25) is 0 Å². The van der Waals surface area contributed by atoms with Crippen LogP contribution in [0.25, 0.3) is 11.0 Å². The number of benzene rings is 2. The molecule has 1 aliphatic rings. The Balaban J connectivity index is 1.93. The fourth-order valence-electron chi connectivity index (χ4n) is 3.31. The van der Waals surface area contributed by atoms with E-state index in [0.717, 1.165) is 0 Å². The minimum atomic E-state index is -3.01. The van der Waals surface area contributed by atoms with Crippen LogP contribution in [-0.4, -0.2) is 16.2 Å². The molecule has 2 heterocycles. The Bertz CT molecular complexity index is 959. The zero-order valence-electron chi connectivity index (χ0n) is 12.6. The standard InChI is InChI=1S/C17H11BrF4N2O/c18-9-5-6-11-15(14(9)20)24-12(7-10(19)16(24)23-11)8-3-1-2-4-13(8)25-17(21)22/h1-6,10,12,17H,7H2/t10?,12-/m1/s1. The molecule has 1 aliphatic heterocycles. The van der Waals surface area contributed by atoms with E-state index in [0.29, 0.717) is 11.1 Å². The predicted octanol–water partition coefficient (Wildman–Crippen LogP) is 5.54. The summed E-state index contributed by atoms with van der Waals surface area (Å²) in [5.74, 6) is -0.536. The molecule has 0 saturated heterocycles. The van der Waals surface area contributed by atoms with Gasteiger partial charge in [0, 0.05) is 12.0 Å². The third kappa shape index (κ3) is 2.59. The monoisotopic (exact) mass is 414 g/mol. The first-order chi connectivity index (χ1) is 12.0. The van der Waals surface area contributed by atoms with Crippen molar-refractivity contribution in [2.75, 3.05) is 0 Å². The Hall–Kier alpha value is -2.09. The maximum atomic E-state index is 14.6. The molecular weight excluding hydrogens is 404 g/mol. The van der Waals surface area contributed by atoms with E-state index in [4.69, 9.17) is 0 Å². The van der Waals surface area contributed by atoms with Gasteiger partial charge in [0.15, 0.2) is 12.0 Å². The Morgan fingerprint density at radius 3 is 2.72 bits per heavy atom. The molecule has 0 bridgehead atoms. The van der Waals surface area contributed by atoms with E-state index in [1.807, 2.05) is 0 Å². The van der Waals surface area contributed by atoms with Crippen molar-refractivity contribution in [3.8, 4) is 5.75 Å². The number of para-hydroxylation sites is 1. The summed E-state index contributed by atoms with van der Waals surface area (Å²) >= 11 is 3.11. The maximum Gasteiger partial charge on any atom is 0.387 e. The van der Waals surface area contributed by atoms with E-state index < -0.39 is 24.6 Å². The summed E-state index contributed by atoms with van der Waals surface area (Å²) in [4.78, 5) is 4.18. The molecule has 0 spiro atoms. The second kappa shape index (κ2) is 6.01. The van der Waals surface area contributed by atoms with Crippen molar-refractivity contribution in [2.24, 2.45) is 0 Å². The fraction of sp³-hybridized carbons (Fsp3) is 0.235. The van der Waals surface area contributed by atoms with Gasteiger partial charge >= 0.3 is 6.61 Å². The highest BCUT2D eigenvalue weighted by molar-refractivity contribution is 9.10. The van der Waals surface area contributed by atoms with Crippen LogP contribution in [0.5, 0.6) is 5.75 Å². The number of aromatic nitrogens is 2. The number of nitrogens with zero attached hydrogens (tertiary/aromatic N) is 2. The molecule has 0 radical (unpaired) electrons. The highest BCUT2D eigenvalue weighted by Crippen LogP contribution is 2.46. The van der Waals surface area contributed by atoms with Crippen LogP contribution in [-0.2, 0) is 0 Å². The summed E-state index contributed by atoms with van der Waals surface area (Å²) in [6.07, 6.45) is -1.44. The third-order valence-electron chi connectivity index (χ3n) is 4.29. The molecule has 130 valence electrons. The minimum Gasteiger partial charge on any atom is -0.434 e. The van der Waals surface area contributed by atoms with Crippen molar-refractivity contribution >= 4 is 27.0 Å². The highest BCUT2D eigenvalue weighted by atomic mass is 79.9. The number of hydrogen-bond donors (Lipinski definition) is 0. The Morgan fingerprint density at radius 1 is 1.20 bits per heavy atom. The molecule has 1 aromatic heterocycles. The first kappa shape index (κ1) is 16.4. The second-order valence-corrected chi connectivity index (χ2v) is 6.56. The molecule has 3 nitrogen and oxygen atoms in total. The molecule has 0 fully saturated rings. The highest BCUT2D eigenvalue weighted by Gasteiger charge is 2.37. The van der Waals surface area contributed by atoms with Crippen LogP contribution in [0.3, 0.4) is 0 Å². The van der Waals surface area contributed by atoms with Gasteiger partial charge in [-0.05, 0) is 34.1 Å². The number of fused-ring (bicyclic) bond motifs is 3. The van der Waals surface area contributed by atoms with Crippen molar-refractivity contribution in [1.82, 2.24) is 9.55 Å². The first-order valence-electron chi connectivity index (χ1n) is 7.51. The summed E-state index contributed by atoms with van der Waals surface area (Å²) in [6.45, 7) is -3.01. The molecule has 0 amide bonds. The molecule has 2 atom stereocenters. The van der Waals surface area contributed by atoms with Gasteiger partial charge in [-0.1, -0.05) is 18.2 Å². The Morgan fingerprint density at radius 2 is 1.96 bits per heavy atom. The van der Waals surface area contributed by atoms with Crippen molar-refractivity contribution < 1.29 is 22.3 Å². The van der Waals surface area contributed by atoms with E-state index in [9.17, 15) is 17.6 Å². The fourth-order valence-corrected chi connectivity index (χ4v) is 3.63. The lowest BCUT2D eigenvalue weighted by molar-refractivity contribution is -0.0507. The van der Waals surface area contributed by atoms with Crippen molar-refractivity contribution in [1.29, 1.82) is 0 Å². The number of alkyl halides is 3. The van der Waals surface area contributed by atoms with Gasteiger partial charge in [0.2, 0.25) is 0 Å². The van der Waals surface area contributed by atoms with Gasteiger partial charge < -0.3 is 9.30 Å². The summed E-state index contributed by atoms with van der Waals surface area (Å²) in [7, 11) is 0. The van der Waals surface area contributed by atoms with Crippen molar-refractivity contribution in [2.45, 2.75) is 25.2 Å². The quantitative estimate of drug-likeness (QED) is 0.525. The molecule has 0 aliphatic carbocycles. The molecular formula is C17H11BrF4N2O. The zero-order valence-corrected chi connectivity index (χ0v) is 14.2. The normalized spacial score (nSPS) is 19.6. The SMILES string of the molecule is Fc1c(Br)ccc2nc3n(c12)[C@@H](c1ccccc1OC(F)F)CC3F. The van der Waals surface area contributed by atoms with E-state index in [1.165, 1.54) is 16.7 Å². The number of hydrogen-bond acceptors (Lipinski definition) is 2. The number of imidazole rings is 1. The predicted molar refractivity (Wildman–Crippen MR) is 87.1 cm³/mol. The van der Waals surface area contributed by atoms with Crippen LogP contribution in [0.4, 0.5) is 17.6 Å². The maximum absolute atomic E-state index is 14.6. The van der Waals surface area contributed by atoms with Crippen LogP contribution in [0.1, 0.15) is 30.0 Å². The van der Waals surface area contributed by atoms with E-state index in [2.05, 4.69) is 25.7 Å².